The van der Waals surface area contributed by atoms with Crippen LogP contribution in [0, 0.1) is 0 Å². The molecule has 0 bridgehead atoms. The van der Waals surface area contributed by atoms with Crippen molar-refractivity contribution in [2.45, 2.75) is 31.7 Å². The smallest absolute Gasteiger partial charge is 0.0886 e. The molecule has 0 aromatic heterocycles. The average Bonchev–Trinajstić information content (AvgIpc) is 2.72. The van der Waals surface area contributed by atoms with Crippen LogP contribution in [0.5, 0.6) is 0 Å². The monoisotopic (exact) mass is 198 g/mol. The first-order chi connectivity index (χ1) is 6.95. The predicted octanol–water partition coefficient (Wildman–Crippen LogP) is -0.602. The molecule has 0 saturated carbocycles. The van der Waals surface area contributed by atoms with E-state index >= 15 is 0 Å². The number of nitrogens with two attached hydrogens (primary N) is 1. The molecule has 0 unspecified atom stereocenters. The van der Waals surface area contributed by atoms with Crippen molar-refractivity contribution in [1.29, 1.82) is 0 Å². The third-order valence-electron chi connectivity index (χ3n) is 3.53. The average molecular weight is 198 g/mol. The molecule has 0 amide bonds. The second-order valence-electron chi connectivity index (χ2n) is 4.66. The summed E-state index contributed by atoms with van der Waals surface area (Å²) in [5.41, 5.74) is 0. The lowest BCUT2D eigenvalue weighted by Crippen LogP contribution is -2.92. The van der Waals surface area contributed by atoms with Gasteiger partial charge in [-0.05, 0) is 25.9 Å². The molecule has 0 aromatic rings. The van der Waals surface area contributed by atoms with Gasteiger partial charge in [-0.2, -0.15) is 0 Å². The highest BCUT2D eigenvalue weighted by Crippen LogP contribution is 2.05. The lowest BCUT2D eigenvalue weighted by atomic mass is 10.1. The molecule has 0 radical (unpaired) electrons. The molecule has 2 heterocycles. The van der Waals surface area contributed by atoms with Gasteiger partial charge >= 0.3 is 0 Å². The summed E-state index contributed by atoms with van der Waals surface area (Å²) in [4.78, 5) is 2.61. The number of nitrogens with one attached hydrogen (secondary N) is 1. The van der Waals surface area contributed by atoms with Gasteiger partial charge in [0.2, 0.25) is 0 Å². The third-order valence-corrected chi connectivity index (χ3v) is 3.53. The van der Waals surface area contributed by atoms with Gasteiger partial charge in [0.15, 0.2) is 0 Å². The summed E-state index contributed by atoms with van der Waals surface area (Å²) in [5.74, 6) is 0. The van der Waals surface area contributed by atoms with Crippen LogP contribution in [0.1, 0.15) is 25.7 Å². The molecule has 2 fully saturated rings. The molecule has 0 spiro atoms. The van der Waals surface area contributed by atoms with Gasteiger partial charge in [-0.1, -0.05) is 0 Å². The molecule has 3 nitrogen and oxygen atoms in total. The first-order valence-corrected chi connectivity index (χ1v) is 6.21. The van der Waals surface area contributed by atoms with Crippen LogP contribution in [0.25, 0.3) is 0 Å². The van der Waals surface area contributed by atoms with Gasteiger partial charge in [-0.3, -0.25) is 4.90 Å². The number of likely N-dealkylation sites (tertiary alicyclic amines) is 1. The molecule has 2 saturated heterocycles. The quantitative estimate of drug-likeness (QED) is 0.632. The van der Waals surface area contributed by atoms with Gasteiger partial charge < -0.3 is 10.6 Å². The number of piperidine rings is 1. The molecule has 3 N–H and O–H groups in total. The van der Waals surface area contributed by atoms with Crippen LogP contribution < -0.4 is 10.6 Å². The van der Waals surface area contributed by atoms with E-state index in [1.165, 1.54) is 65.0 Å². The summed E-state index contributed by atoms with van der Waals surface area (Å²) >= 11 is 0. The lowest BCUT2D eigenvalue weighted by Gasteiger charge is -2.22. The Labute approximate surface area is 87.2 Å². The number of nitrogens with zero attached hydrogens (tertiary/aromatic N) is 1. The molecule has 2 rings (SSSR count). The fourth-order valence-corrected chi connectivity index (χ4v) is 2.58. The Kier molecular flexibility index (Phi) is 4.22. The molecule has 14 heavy (non-hydrogen) atoms. The van der Waals surface area contributed by atoms with E-state index in [2.05, 4.69) is 15.5 Å². The maximum atomic E-state index is 3.42. The van der Waals surface area contributed by atoms with E-state index in [-0.39, 0.29) is 0 Å². The summed E-state index contributed by atoms with van der Waals surface area (Å²) in [5, 5.41) is 5.98. The first-order valence-electron chi connectivity index (χ1n) is 6.21. The van der Waals surface area contributed by atoms with Crippen molar-refractivity contribution in [1.82, 2.24) is 10.2 Å². The Morgan fingerprint density at radius 3 is 2.57 bits per heavy atom. The van der Waals surface area contributed by atoms with Crippen molar-refractivity contribution in [3.63, 3.8) is 0 Å². The summed E-state index contributed by atoms with van der Waals surface area (Å²) in [6.45, 7) is 7.77. The van der Waals surface area contributed by atoms with Gasteiger partial charge in [-0.15, -0.1) is 0 Å². The molecule has 2 aliphatic heterocycles. The Morgan fingerprint density at radius 2 is 1.86 bits per heavy atom. The van der Waals surface area contributed by atoms with Crippen molar-refractivity contribution in [2.75, 3.05) is 39.3 Å². The van der Waals surface area contributed by atoms with Gasteiger partial charge in [0.25, 0.3) is 0 Å². The van der Waals surface area contributed by atoms with Crippen LogP contribution in [0.4, 0.5) is 0 Å². The minimum atomic E-state index is 0.902. The topological polar surface area (TPSA) is 31.9 Å². The molecule has 0 aliphatic carbocycles. The normalized spacial score (nSPS) is 25.7. The van der Waals surface area contributed by atoms with Crippen molar-refractivity contribution >= 4 is 0 Å². The molecule has 82 valence electrons. The maximum Gasteiger partial charge on any atom is 0.0886 e. The number of hydrogen-bond acceptors (Lipinski definition) is 2. The third kappa shape index (κ3) is 3.23. The Hall–Kier alpha value is -0.120. The van der Waals surface area contributed by atoms with Crippen molar-refractivity contribution in [2.24, 2.45) is 0 Å². The Bertz CT molecular complexity index is 149. The molecule has 0 atom stereocenters. The molecule has 3 heteroatoms. The van der Waals surface area contributed by atoms with Gasteiger partial charge in [0.05, 0.1) is 12.6 Å². The summed E-state index contributed by atoms with van der Waals surface area (Å²) in [6, 6.07) is 0.902. The first kappa shape index (κ1) is 10.4. The van der Waals surface area contributed by atoms with Gasteiger partial charge in [0, 0.05) is 32.5 Å². The van der Waals surface area contributed by atoms with E-state index in [0.717, 1.165) is 6.04 Å². The molecular formula is C11H24N3+. The van der Waals surface area contributed by atoms with E-state index in [1.807, 2.05) is 0 Å². The highest BCUT2D eigenvalue weighted by Gasteiger charge is 2.16. The Balaban J connectivity index is 1.52. The van der Waals surface area contributed by atoms with Crippen LogP contribution in [0.3, 0.4) is 0 Å². The van der Waals surface area contributed by atoms with Gasteiger partial charge in [-0.25, -0.2) is 0 Å². The number of quaternary nitrogens is 1. The van der Waals surface area contributed by atoms with E-state index in [0.29, 0.717) is 0 Å². The largest absolute Gasteiger partial charge is 0.343 e. The zero-order valence-corrected chi connectivity index (χ0v) is 9.17. The molecule has 2 aliphatic rings. The zero-order chi connectivity index (χ0) is 9.64. The van der Waals surface area contributed by atoms with Gasteiger partial charge in [0.1, 0.15) is 0 Å². The van der Waals surface area contributed by atoms with Crippen molar-refractivity contribution in [3.05, 3.63) is 0 Å². The maximum absolute atomic E-state index is 3.42. The van der Waals surface area contributed by atoms with E-state index in [4.69, 9.17) is 0 Å². The van der Waals surface area contributed by atoms with Crippen LogP contribution >= 0.6 is 0 Å². The lowest BCUT2D eigenvalue weighted by molar-refractivity contribution is -0.690. The zero-order valence-electron chi connectivity index (χ0n) is 9.17. The van der Waals surface area contributed by atoms with Crippen LogP contribution in [-0.4, -0.2) is 50.2 Å². The minimum Gasteiger partial charge on any atom is -0.343 e. The van der Waals surface area contributed by atoms with Crippen LogP contribution in [0.2, 0.25) is 0 Å². The number of rotatable bonds is 4. The second kappa shape index (κ2) is 5.69. The van der Waals surface area contributed by atoms with Crippen LogP contribution in [-0.2, 0) is 0 Å². The second-order valence-corrected chi connectivity index (χ2v) is 4.66. The summed E-state index contributed by atoms with van der Waals surface area (Å²) < 4.78 is 0. The summed E-state index contributed by atoms with van der Waals surface area (Å²) in [6.07, 6.45) is 5.57. The Morgan fingerprint density at radius 1 is 1.14 bits per heavy atom. The van der Waals surface area contributed by atoms with Crippen LogP contribution in [0.15, 0.2) is 0 Å². The number of hydrogen-bond donors (Lipinski definition) is 2. The van der Waals surface area contributed by atoms with Crippen molar-refractivity contribution in [3.8, 4) is 0 Å². The highest BCUT2D eigenvalue weighted by atomic mass is 15.2. The predicted molar refractivity (Wildman–Crippen MR) is 58.4 cm³/mol. The fourth-order valence-electron chi connectivity index (χ4n) is 2.58. The molecular weight excluding hydrogens is 174 g/mol. The standard InChI is InChI=1S/C11H23N3/c1-2-9-14(8-1)10-7-13-11-3-5-12-6-4-11/h11-13H,1-10H2/p+1. The van der Waals surface area contributed by atoms with E-state index in [1.54, 1.807) is 0 Å². The van der Waals surface area contributed by atoms with E-state index in [9.17, 15) is 0 Å². The van der Waals surface area contributed by atoms with E-state index < -0.39 is 0 Å². The SMILES string of the molecule is C1CCN(CC[NH2+]C2CCNCC2)C1. The summed E-state index contributed by atoms with van der Waals surface area (Å²) in [7, 11) is 0. The fraction of sp³-hybridized carbons (Fsp3) is 1.00. The molecule has 0 aromatic carbocycles. The highest BCUT2D eigenvalue weighted by molar-refractivity contribution is 4.67. The minimum absolute atomic E-state index is 0.902. The van der Waals surface area contributed by atoms with Crippen molar-refractivity contribution < 1.29 is 5.32 Å².